The molecule has 0 heterocycles. The fraction of sp³-hybridized carbons (Fsp3) is 0.714. The molecule has 3 rings (SSSR count). The van der Waals surface area contributed by atoms with E-state index in [1.807, 2.05) is 13.8 Å². The molecule has 0 aromatic heterocycles. The Kier molecular flexibility index (Phi) is 7.40. The van der Waals surface area contributed by atoms with E-state index >= 15 is 0 Å². The van der Waals surface area contributed by atoms with Gasteiger partial charge in [0.2, 0.25) is 0 Å². The number of allylic oxidation sites excluding steroid dienone is 4. The van der Waals surface area contributed by atoms with Crippen LogP contribution >= 0.6 is 0 Å². The lowest BCUT2D eigenvalue weighted by Crippen LogP contribution is -2.35. The molecule has 31 heavy (non-hydrogen) atoms. The van der Waals surface area contributed by atoms with E-state index in [0.29, 0.717) is 36.0 Å². The van der Waals surface area contributed by atoms with E-state index in [-0.39, 0.29) is 5.92 Å². The van der Waals surface area contributed by atoms with Gasteiger partial charge in [-0.05, 0) is 86.7 Å². The van der Waals surface area contributed by atoms with Crippen molar-refractivity contribution >= 4 is 0 Å². The van der Waals surface area contributed by atoms with E-state index in [0.717, 1.165) is 17.6 Å². The zero-order valence-corrected chi connectivity index (χ0v) is 20.3. The quantitative estimate of drug-likeness (QED) is 0.490. The molecule has 0 amide bonds. The summed E-state index contributed by atoms with van der Waals surface area (Å²) in [5.74, 6) is 1.91. The van der Waals surface area contributed by atoms with Crippen LogP contribution in [0.5, 0.6) is 0 Å². The Morgan fingerprint density at radius 2 is 1.84 bits per heavy atom. The van der Waals surface area contributed by atoms with Crippen LogP contribution in [0.25, 0.3) is 0 Å². The monoisotopic (exact) mass is 428 g/mol. The summed E-state index contributed by atoms with van der Waals surface area (Å²) >= 11 is 0. The van der Waals surface area contributed by atoms with Crippen molar-refractivity contribution in [2.75, 3.05) is 0 Å². The Labute approximate surface area is 189 Å². The first-order chi connectivity index (χ1) is 14.4. The van der Waals surface area contributed by atoms with Gasteiger partial charge in [0.15, 0.2) is 0 Å². The summed E-state index contributed by atoms with van der Waals surface area (Å²) in [7, 11) is 0. The molecule has 3 aliphatic carbocycles. The molecule has 3 heteroatoms. The maximum absolute atomic E-state index is 10.3. The highest BCUT2D eigenvalue weighted by atomic mass is 16.3. The highest BCUT2D eigenvalue weighted by Gasteiger charge is 2.50. The van der Waals surface area contributed by atoms with Crippen molar-refractivity contribution in [1.29, 1.82) is 0 Å². The van der Waals surface area contributed by atoms with E-state index in [1.165, 1.54) is 31.3 Å². The Hall–Kier alpha value is -1.16. The third kappa shape index (κ3) is 5.26. The smallest absolute Gasteiger partial charge is 0.0811 e. The van der Waals surface area contributed by atoms with Gasteiger partial charge in [0.25, 0.3) is 0 Å². The Morgan fingerprint density at radius 1 is 1.13 bits per heavy atom. The summed E-state index contributed by atoms with van der Waals surface area (Å²) in [6.07, 6.45) is 15.0. The van der Waals surface area contributed by atoms with Crippen molar-refractivity contribution in [1.82, 2.24) is 0 Å². The molecule has 0 radical (unpaired) electrons. The lowest BCUT2D eigenvalue weighted by molar-refractivity contribution is 0.0436. The molecule has 3 aliphatic rings. The van der Waals surface area contributed by atoms with Gasteiger partial charge in [0, 0.05) is 12.3 Å². The highest BCUT2D eigenvalue weighted by Crippen LogP contribution is 2.59. The van der Waals surface area contributed by atoms with Gasteiger partial charge in [0.1, 0.15) is 0 Å². The van der Waals surface area contributed by atoms with Gasteiger partial charge >= 0.3 is 0 Å². The molecule has 0 aliphatic heterocycles. The third-order valence-electron chi connectivity index (χ3n) is 8.75. The van der Waals surface area contributed by atoms with Crippen LogP contribution in [0.4, 0.5) is 0 Å². The predicted octanol–water partition coefficient (Wildman–Crippen LogP) is 5.73. The third-order valence-corrected chi connectivity index (χ3v) is 8.75. The first-order valence-electron chi connectivity index (χ1n) is 12.3. The molecule has 0 aromatic rings. The minimum atomic E-state index is -0.684. The van der Waals surface area contributed by atoms with Crippen molar-refractivity contribution in [3.63, 3.8) is 0 Å². The summed E-state index contributed by atoms with van der Waals surface area (Å²) in [6, 6.07) is 0. The molecular formula is C28H44O3. The van der Waals surface area contributed by atoms with Crippen molar-refractivity contribution in [2.45, 2.75) is 97.4 Å². The minimum Gasteiger partial charge on any atom is -0.393 e. The number of hydrogen-bond donors (Lipinski definition) is 3. The number of fused-ring (bicyclic) bond motifs is 1. The van der Waals surface area contributed by atoms with Gasteiger partial charge < -0.3 is 15.3 Å². The van der Waals surface area contributed by atoms with Crippen LogP contribution < -0.4 is 0 Å². The number of aliphatic hydroxyl groups is 3. The van der Waals surface area contributed by atoms with Crippen LogP contribution in [-0.2, 0) is 0 Å². The second kappa shape index (κ2) is 9.37. The maximum Gasteiger partial charge on any atom is 0.0811 e. The van der Waals surface area contributed by atoms with Gasteiger partial charge in [-0.25, -0.2) is 0 Å². The summed E-state index contributed by atoms with van der Waals surface area (Å²) in [6.45, 7) is 14.7. The summed E-state index contributed by atoms with van der Waals surface area (Å²) in [5, 5.41) is 30.4. The van der Waals surface area contributed by atoms with E-state index in [9.17, 15) is 15.3 Å². The largest absolute Gasteiger partial charge is 0.393 e. The van der Waals surface area contributed by atoms with Crippen molar-refractivity contribution in [3.8, 4) is 0 Å². The second-order valence-corrected chi connectivity index (χ2v) is 11.4. The predicted molar refractivity (Wildman–Crippen MR) is 128 cm³/mol. The minimum absolute atomic E-state index is 0.141. The fourth-order valence-electron chi connectivity index (χ4n) is 6.32. The SMILES string of the molecule is C=C1/C(=C\C=C2\CCC[C@]3(C)[C@@H]2CC[C@@H]3[C@H](C)/C=C/[C@@H](C)C(C)(C)O)C[C@@H](O)C[C@@H]1O. The molecule has 0 unspecified atom stereocenters. The molecule has 3 saturated carbocycles. The zero-order valence-electron chi connectivity index (χ0n) is 20.3. The average molecular weight is 429 g/mol. The molecule has 3 N–H and O–H groups in total. The van der Waals surface area contributed by atoms with Crippen molar-refractivity contribution < 1.29 is 15.3 Å². The Morgan fingerprint density at radius 3 is 2.52 bits per heavy atom. The van der Waals surface area contributed by atoms with Gasteiger partial charge in [-0.15, -0.1) is 0 Å². The standard InChI is InChI=1S/C28H44O3/c1-18(9-10-19(2)27(4,5)31)24-13-14-25-21(8-7-15-28(24,25)6)11-12-22-16-23(29)17-26(30)20(22)3/h9-12,18-19,23-26,29-31H,3,7-8,13-17H2,1-2,4-6H3/b10-9+,21-11-,22-12-/t18-,19-,23-,24-,25-,26+,28+/m1/s1. The molecular weight excluding hydrogens is 384 g/mol. The molecule has 7 atom stereocenters. The normalized spacial score (nSPS) is 39.3. The molecule has 0 spiro atoms. The molecule has 0 bridgehead atoms. The van der Waals surface area contributed by atoms with Crippen molar-refractivity contribution in [3.05, 3.63) is 47.6 Å². The topological polar surface area (TPSA) is 60.7 Å². The summed E-state index contributed by atoms with van der Waals surface area (Å²) < 4.78 is 0. The van der Waals surface area contributed by atoms with E-state index in [1.54, 1.807) is 0 Å². The van der Waals surface area contributed by atoms with Gasteiger partial charge in [-0.3, -0.25) is 0 Å². The lowest BCUT2D eigenvalue weighted by Gasteiger charge is -2.44. The van der Waals surface area contributed by atoms with E-state index in [4.69, 9.17) is 0 Å². The van der Waals surface area contributed by atoms with E-state index in [2.05, 4.69) is 51.7 Å². The van der Waals surface area contributed by atoms with Gasteiger partial charge in [-0.2, -0.15) is 0 Å². The molecule has 3 nitrogen and oxygen atoms in total. The number of hydrogen-bond acceptors (Lipinski definition) is 3. The van der Waals surface area contributed by atoms with Crippen LogP contribution in [0.1, 0.15) is 79.6 Å². The van der Waals surface area contributed by atoms with Crippen LogP contribution in [0, 0.1) is 29.1 Å². The fourth-order valence-corrected chi connectivity index (χ4v) is 6.32. The lowest BCUT2D eigenvalue weighted by atomic mass is 9.61. The maximum atomic E-state index is 10.3. The molecule has 3 fully saturated rings. The van der Waals surface area contributed by atoms with Gasteiger partial charge in [0.05, 0.1) is 17.8 Å². The molecule has 0 saturated heterocycles. The zero-order chi connectivity index (χ0) is 23.0. The first-order valence-corrected chi connectivity index (χ1v) is 12.3. The average Bonchev–Trinajstić information content (AvgIpc) is 3.04. The molecule has 174 valence electrons. The molecule has 0 aromatic carbocycles. The van der Waals surface area contributed by atoms with Crippen LogP contribution in [0.3, 0.4) is 0 Å². The van der Waals surface area contributed by atoms with Crippen molar-refractivity contribution in [2.24, 2.45) is 29.1 Å². The second-order valence-electron chi connectivity index (χ2n) is 11.4. The highest BCUT2D eigenvalue weighted by molar-refractivity contribution is 5.38. The number of aliphatic hydroxyl groups excluding tert-OH is 2. The Balaban J connectivity index is 1.76. The summed E-state index contributed by atoms with van der Waals surface area (Å²) in [4.78, 5) is 0. The van der Waals surface area contributed by atoms with Gasteiger partial charge in [-0.1, -0.05) is 57.2 Å². The Bertz CT molecular complexity index is 753. The number of rotatable bonds is 5. The first kappa shape index (κ1) is 24.5. The van der Waals surface area contributed by atoms with E-state index < -0.39 is 17.8 Å². The van der Waals surface area contributed by atoms with Crippen LogP contribution in [0.2, 0.25) is 0 Å². The van der Waals surface area contributed by atoms with Crippen LogP contribution in [0.15, 0.2) is 47.6 Å². The van der Waals surface area contributed by atoms with Crippen LogP contribution in [-0.4, -0.2) is 33.1 Å². The summed E-state index contributed by atoms with van der Waals surface area (Å²) in [5.41, 5.74) is 2.93.